The minimum absolute atomic E-state index is 0.0118. The van der Waals surface area contributed by atoms with E-state index in [2.05, 4.69) is 9.71 Å². The second kappa shape index (κ2) is 8.14. The highest BCUT2D eigenvalue weighted by Crippen LogP contribution is 2.55. The van der Waals surface area contributed by atoms with Gasteiger partial charge in [0.05, 0.1) is 5.75 Å². The fourth-order valence-corrected chi connectivity index (χ4v) is 7.62. The third-order valence-corrected chi connectivity index (χ3v) is 9.80. The second-order valence-electron chi connectivity index (χ2n) is 9.13. The molecule has 0 bridgehead atoms. The van der Waals surface area contributed by atoms with Gasteiger partial charge in [-0.1, -0.05) is 12.1 Å². The Morgan fingerprint density at radius 1 is 1.26 bits per heavy atom. The molecule has 35 heavy (non-hydrogen) atoms. The average molecular weight is 540 g/mol. The van der Waals surface area contributed by atoms with Gasteiger partial charge in [-0.05, 0) is 47.9 Å². The maximum atomic E-state index is 13.4. The monoisotopic (exact) mass is 539 g/mol. The van der Waals surface area contributed by atoms with E-state index in [4.69, 9.17) is 0 Å². The van der Waals surface area contributed by atoms with Crippen molar-refractivity contribution in [3.8, 4) is 0 Å². The van der Waals surface area contributed by atoms with Gasteiger partial charge in [0.2, 0.25) is 0 Å². The second-order valence-corrected chi connectivity index (χ2v) is 13.8. The van der Waals surface area contributed by atoms with Gasteiger partial charge in [-0.3, -0.25) is 4.79 Å². The highest BCUT2D eigenvalue weighted by Gasteiger charge is 2.55. The molecule has 1 spiro atoms. The van der Waals surface area contributed by atoms with E-state index < -0.39 is 37.0 Å². The number of sulfone groups is 1. The summed E-state index contributed by atoms with van der Waals surface area (Å²) in [6.07, 6.45) is 2.35. The van der Waals surface area contributed by atoms with Crippen LogP contribution in [0.2, 0.25) is 0 Å². The molecule has 2 aliphatic heterocycles. The molecule has 13 heteroatoms. The molecular weight excluding hydrogens is 517 g/mol. The largest absolute Gasteiger partial charge is 0.511 e. The van der Waals surface area contributed by atoms with Crippen molar-refractivity contribution in [1.29, 1.82) is 0 Å². The van der Waals surface area contributed by atoms with Gasteiger partial charge in [-0.15, -0.1) is 15.7 Å². The fraction of sp³-hybridized carbons (Fsp3) is 0.364. The van der Waals surface area contributed by atoms with Crippen LogP contribution in [0.3, 0.4) is 0 Å². The average Bonchev–Trinajstić information content (AvgIpc) is 3.41. The number of nitrogens with zero attached hydrogens (tertiary/aromatic N) is 2. The van der Waals surface area contributed by atoms with Crippen molar-refractivity contribution in [2.45, 2.75) is 30.7 Å². The van der Waals surface area contributed by atoms with Crippen LogP contribution in [0.1, 0.15) is 24.0 Å². The van der Waals surface area contributed by atoms with Crippen LogP contribution in [-0.2, 0) is 37.6 Å². The van der Waals surface area contributed by atoms with Gasteiger partial charge in [0.15, 0.2) is 5.84 Å². The number of sulfonamides is 1. The molecular formula is C22H22FN3O6S3. The predicted molar refractivity (Wildman–Crippen MR) is 129 cm³/mol. The molecule has 1 aliphatic carbocycles. The summed E-state index contributed by atoms with van der Waals surface area (Å²) in [7, 11) is -7.56. The van der Waals surface area contributed by atoms with E-state index in [0.717, 1.165) is 17.6 Å². The number of aliphatic hydroxyl groups excluding tert-OH is 1. The molecule has 1 aromatic heterocycles. The van der Waals surface area contributed by atoms with E-state index in [1.807, 2.05) is 0 Å². The summed E-state index contributed by atoms with van der Waals surface area (Å²) in [4.78, 5) is 14.8. The summed E-state index contributed by atoms with van der Waals surface area (Å²) in [5.74, 6) is -1.64. The Labute approximate surface area is 206 Å². The molecule has 186 valence electrons. The molecule has 0 saturated heterocycles. The van der Waals surface area contributed by atoms with Gasteiger partial charge in [0.1, 0.15) is 36.9 Å². The number of aliphatic hydroxyl groups is 1. The number of nitrogens with one attached hydrogen (secondary N) is 1. The SMILES string of the molecule is CS(=O)(=O)CCc1csc2c1S(=O)(=O)N=C(C1=C(O)C3(CC3)CN(Cc3ccc(F)cc3)C1=O)N2. The summed E-state index contributed by atoms with van der Waals surface area (Å²) in [5.41, 5.74) is 0.165. The summed E-state index contributed by atoms with van der Waals surface area (Å²) in [6.45, 7) is 0.427. The van der Waals surface area contributed by atoms with Crippen LogP contribution in [-0.4, -0.2) is 57.1 Å². The molecule has 2 N–H and O–H groups in total. The Kier molecular flexibility index (Phi) is 5.57. The number of thiophene rings is 1. The summed E-state index contributed by atoms with van der Waals surface area (Å²) >= 11 is 1.06. The van der Waals surface area contributed by atoms with Gasteiger partial charge in [0, 0.05) is 24.8 Å². The van der Waals surface area contributed by atoms with E-state index in [9.17, 15) is 31.1 Å². The molecule has 0 atom stereocenters. The fourth-order valence-electron chi connectivity index (χ4n) is 4.36. The number of amides is 1. The summed E-state index contributed by atoms with van der Waals surface area (Å²) in [6, 6.07) is 5.72. The molecule has 0 unspecified atom stereocenters. The molecule has 5 rings (SSSR count). The number of carbonyl (C=O) groups excluding carboxylic acids is 1. The highest BCUT2D eigenvalue weighted by atomic mass is 32.2. The minimum Gasteiger partial charge on any atom is -0.511 e. The zero-order valence-corrected chi connectivity index (χ0v) is 21.1. The van der Waals surface area contributed by atoms with E-state index in [1.54, 1.807) is 17.5 Å². The third kappa shape index (κ3) is 4.47. The van der Waals surface area contributed by atoms with Crippen molar-refractivity contribution in [3.05, 3.63) is 57.9 Å². The first-order valence-corrected chi connectivity index (χ1v) is 15.1. The van der Waals surface area contributed by atoms with Gasteiger partial charge in [-0.2, -0.15) is 8.42 Å². The van der Waals surface area contributed by atoms with E-state index in [1.165, 1.54) is 17.0 Å². The Bertz CT molecular complexity index is 1500. The zero-order chi connectivity index (χ0) is 25.2. The van der Waals surface area contributed by atoms with Gasteiger partial charge in [-0.25, -0.2) is 12.8 Å². The van der Waals surface area contributed by atoms with E-state index in [0.29, 0.717) is 24.0 Å². The number of aryl methyl sites for hydroxylation is 1. The molecule has 0 radical (unpaired) electrons. The molecule has 1 amide bonds. The van der Waals surface area contributed by atoms with Crippen molar-refractivity contribution in [1.82, 2.24) is 4.90 Å². The van der Waals surface area contributed by atoms with Crippen LogP contribution < -0.4 is 5.32 Å². The number of rotatable bonds is 6. The van der Waals surface area contributed by atoms with Crippen LogP contribution in [0.5, 0.6) is 0 Å². The van der Waals surface area contributed by atoms with Gasteiger partial charge >= 0.3 is 0 Å². The molecule has 1 aromatic carbocycles. The van der Waals surface area contributed by atoms with E-state index >= 15 is 0 Å². The molecule has 3 aliphatic rings. The molecule has 2 aromatic rings. The maximum Gasteiger partial charge on any atom is 0.287 e. The van der Waals surface area contributed by atoms with Crippen molar-refractivity contribution in [2.75, 3.05) is 23.9 Å². The Hall–Kier alpha value is -2.77. The van der Waals surface area contributed by atoms with Crippen LogP contribution in [0, 0.1) is 11.2 Å². The molecule has 1 saturated carbocycles. The standard InChI is InChI=1S/C22H22FN3O6S3/c1-34(29,30)9-6-14-11-33-20-17(14)35(31,32)25-19(24-20)16-18(27)22(7-8-22)12-26(21(16)28)10-13-2-4-15(23)5-3-13/h2-5,11,27H,6-10,12H2,1H3,(H,24,25). The van der Waals surface area contributed by atoms with Crippen LogP contribution in [0.25, 0.3) is 0 Å². The number of hydrogen-bond donors (Lipinski definition) is 2. The van der Waals surface area contributed by atoms with Crippen LogP contribution in [0.15, 0.2) is 50.3 Å². The van der Waals surface area contributed by atoms with E-state index in [-0.39, 0.29) is 52.3 Å². The summed E-state index contributed by atoms with van der Waals surface area (Å²) < 4.78 is 66.4. The number of amidine groups is 1. The number of benzene rings is 1. The lowest BCUT2D eigenvalue weighted by Crippen LogP contribution is -2.46. The third-order valence-electron chi connectivity index (χ3n) is 6.37. The first-order valence-electron chi connectivity index (χ1n) is 10.8. The van der Waals surface area contributed by atoms with Gasteiger partial charge < -0.3 is 15.3 Å². The number of fused-ring (bicyclic) bond motifs is 1. The lowest BCUT2D eigenvalue weighted by Gasteiger charge is -2.35. The van der Waals surface area contributed by atoms with Crippen molar-refractivity contribution in [2.24, 2.45) is 9.81 Å². The van der Waals surface area contributed by atoms with Gasteiger partial charge in [0.25, 0.3) is 15.9 Å². The lowest BCUT2D eigenvalue weighted by atomic mass is 9.92. The number of anilines is 1. The summed E-state index contributed by atoms with van der Waals surface area (Å²) in [5, 5.41) is 15.7. The first-order chi connectivity index (χ1) is 16.4. The molecule has 1 fully saturated rings. The van der Waals surface area contributed by atoms with Crippen molar-refractivity contribution < 1.29 is 31.1 Å². The number of halogens is 1. The van der Waals surface area contributed by atoms with Crippen molar-refractivity contribution >= 4 is 47.9 Å². The Morgan fingerprint density at radius 3 is 2.57 bits per heavy atom. The minimum atomic E-state index is -4.26. The first kappa shape index (κ1) is 23.9. The Balaban J connectivity index is 1.49. The highest BCUT2D eigenvalue weighted by molar-refractivity contribution is 7.91. The zero-order valence-electron chi connectivity index (χ0n) is 18.6. The molecule has 9 nitrogen and oxygen atoms in total. The maximum absolute atomic E-state index is 13.4. The Morgan fingerprint density at radius 2 is 1.94 bits per heavy atom. The lowest BCUT2D eigenvalue weighted by molar-refractivity contribution is -0.129. The number of carbonyl (C=O) groups is 1. The normalized spacial score (nSPS) is 20.5. The van der Waals surface area contributed by atoms with Crippen molar-refractivity contribution in [3.63, 3.8) is 0 Å². The smallest absolute Gasteiger partial charge is 0.287 e. The molecule has 3 heterocycles. The topological polar surface area (TPSA) is 133 Å². The predicted octanol–water partition coefficient (Wildman–Crippen LogP) is 2.62. The number of hydrogen-bond acceptors (Lipinski definition) is 8. The van der Waals surface area contributed by atoms with Crippen LogP contribution in [0.4, 0.5) is 9.39 Å². The van der Waals surface area contributed by atoms with Crippen LogP contribution >= 0.6 is 11.3 Å². The quantitative estimate of drug-likeness (QED) is 0.577.